The third-order valence-corrected chi connectivity index (χ3v) is 4.24. The molecule has 0 aliphatic heterocycles. The van der Waals surface area contributed by atoms with Crippen molar-refractivity contribution in [1.82, 2.24) is 10.2 Å². The van der Waals surface area contributed by atoms with Crippen LogP contribution >= 0.6 is 22.7 Å². The van der Waals surface area contributed by atoms with Crippen molar-refractivity contribution < 1.29 is 0 Å². The van der Waals surface area contributed by atoms with Crippen LogP contribution in [0.25, 0.3) is 9.88 Å². The third kappa shape index (κ3) is 2.25. The summed E-state index contributed by atoms with van der Waals surface area (Å²) in [5, 5.41) is 12.5. The molecule has 0 fully saturated rings. The van der Waals surface area contributed by atoms with Crippen molar-refractivity contribution >= 4 is 22.7 Å². The van der Waals surface area contributed by atoms with Crippen LogP contribution in [0.1, 0.15) is 17.5 Å². The Labute approximate surface area is 97.0 Å². The van der Waals surface area contributed by atoms with Crippen molar-refractivity contribution in [2.24, 2.45) is 5.73 Å². The molecule has 15 heavy (non-hydrogen) atoms. The Morgan fingerprint density at radius 1 is 1.40 bits per heavy atom. The summed E-state index contributed by atoms with van der Waals surface area (Å²) in [7, 11) is 0. The molecule has 0 aliphatic rings. The molecular formula is C10H13N3S2. The lowest BCUT2D eigenvalue weighted by Gasteiger charge is -1.94. The van der Waals surface area contributed by atoms with Crippen LogP contribution in [0.3, 0.4) is 0 Å². The van der Waals surface area contributed by atoms with E-state index in [9.17, 15) is 0 Å². The van der Waals surface area contributed by atoms with Gasteiger partial charge < -0.3 is 5.73 Å². The molecule has 0 aromatic carbocycles. The van der Waals surface area contributed by atoms with Gasteiger partial charge in [-0.25, -0.2) is 0 Å². The molecule has 0 bridgehead atoms. The number of rotatable bonds is 4. The highest BCUT2D eigenvalue weighted by Crippen LogP contribution is 2.32. The lowest BCUT2D eigenvalue weighted by atomic mass is 10.2. The largest absolute Gasteiger partial charge is 0.330 e. The van der Waals surface area contributed by atoms with E-state index in [4.69, 9.17) is 5.73 Å². The average Bonchev–Trinajstić information content (AvgIpc) is 2.84. The summed E-state index contributed by atoms with van der Waals surface area (Å²) in [6.07, 6.45) is 1.87. The minimum absolute atomic E-state index is 0.639. The summed E-state index contributed by atoms with van der Waals surface area (Å²) in [6, 6.07) is 2.16. The topological polar surface area (TPSA) is 51.8 Å². The van der Waals surface area contributed by atoms with E-state index in [1.54, 1.807) is 22.7 Å². The Bertz CT molecular complexity index is 433. The van der Waals surface area contributed by atoms with Crippen molar-refractivity contribution in [3.8, 4) is 9.88 Å². The molecule has 2 heterocycles. The molecule has 2 aromatic rings. The minimum atomic E-state index is 0.639. The first-order valence-electron chi connectivity index (χ1n) is 4.94. The summed E-state index contributed by atoms with van der Waals surface area (Å²) in [5.41, 5.74) is 6.84. The van der Waals surface area contributed by atoms with Gasteiger partial charge in [-0.3, -0.25) is 0 Å². The first kappa shape index (κ1) is 10.7. The quantitative estimate of drug-likeness (QED) is 0.891. The van der Waals surface area contributed by atoms with Crippen LogP contribution in [0.2, 0.25) is 0 Å². The fourth-order valence-electron chi connectivity index (χ4n) is 1.37. The normalized spacial score (nSPS) is 10.8. The van der Waals surface area contributed by atoms with Crippen LogP contribution in [-0.4, -0.2) is 16.7 Å². The first-order chi connectivity index (χ1) is 7.35. The highest BCUT2D eigenvalue weighted by Gasteiger charge is 2.10. The maximum Gasteiger partial charge on any atom is 0.158 e. The maximum atomic E-state index is 5.49. The molecule has 2 aromatic heterocycles. The molecule has 0 saturated heterocycles. The van der Waals surface area contributed by atoms with Crippen molar-refractivity contribution in [2.75, 3.05) is 6.54 Å². The van der Waals surface area contributed by atoms with E-state index in [1.165, 1.54) is 10.4 Å². The van der Waals surface area contributed by atoms with Gasteiger partial charge in [0.15, 0.2) is 5.01 Å². The first-order valence-corrected chi connectivity index (χ1v) is 6.64. The van der Waals surface area contributed by atoms with E-state index in [0.717, 1.165) is 22.9 Å². The van der Waals surface area contributed by atoms with Gasteiger partial charge in [0.1, 0.15) is 5.01 Å². The second kappa shape index (κ2) is 4.83. The molecule has 0 unspecified atom stereocenters. The van der Waals surface area contributed by atoms with Crippen LogP contribution < -0.4 is 5.73 Å². The van der Waals surface area contributed by atoms with Crippen LogP contribution in [0, 0.1) is 0 Å². The van der Waals surface area contributed by atoms with E-state index in [0.29, 0.717) is 6.54 Å². The zero-order chi connectivity index (χ0) is 10.7. The molecule has 0 saturated carbocycles. The van der Waals surface area contributed by atoms with Crippen molar-refractivity contribution in [1.29, 1.82) is 0 Å². The average molecular weight is 239 g/mol. The van der Waals surface area contributed by atoms with Gasteiger partial charge in [0, 0.05) is 6.42 Å². The molecule has 0 amide bonds. The highest BCUT2D eigenvalue weighted by atomic mass is 32.1. The highest BCUT2D eigenvalue weighted by molar-refractivity contribution is 7.20. The number of aromatic nitrogens is 2. The number of nitrogens with zero attached hydrogens (tertiary/aromatic N) is 2. The summed E-state index contributed by atoms with van der Waals surface area (Å²) < 4.78 is 0. The fourth-order valence-corrected chi connectivity index (χ4v) is 3.34. The van der Waals surface area contributed by atoms with E-state index in [-0.39, 0.29) is 0 Å². The summed E-state index contributed by atoms with van der Waals surface area (Å²) in [5.74, 6) is 0. The summed E-state index contributed by atoms with van der Waals surface area (Å²) in [4.78, 5) is 1.26. The molecule has 0 atom stereocenters. The molecule has 80 valence electrons. The van der Waals surface area contributed by atoms with Gasteiger partial charge in [-0.1, -0.05) is 18.3 Å². The number of aryl methyl sites for hydroxylation is 1. The zero-order valence-corrected chi connectivity index (χ0v) is 10.2. The maximum absolute atomic E-state index is 5.49. The van der Waals surface area contributed by atoms with E-state index in [1.807, 2.05) is 0 Å². The molecule has 0 spiro atoms. The Balaban J connectivity index is 2.28. The Morgan fingerprint density at radius 2 is 2.27 bits per heavy atom. The molecular weight excluding hydrogens is 226 g/mol. The SMILES string of the molecule is CCc1ccsc1-c1nnc(CCN)s1. The van der Waals surface area contributed by atoms with Crippen molar-refractivity contribution in [2.45, 2.75) is 19.8 Å². The van der Waals surface area contributed by atoms with Crippen LogP contribution in [0.5, 0.6) is 0 Å². The molecule has 5 heteroatoms. The van der Waals surface area contributed by atoms with Gasteiger partial charge in [-0.15, -0.1) is 21.5 Å². The predicted octanol–water partition coefficient (Wildman–Crippen LogP) is 2.33. The number of hydrogen-bond acceptors (Lipinski definition) is 5. The van der Waals surface area contributed by atoms with E-state index in [2.05, 4.69) is 28.6 Å². The third-order valence-electron chi connectivity index (χ3n) is 2.15. The molecule has 0 aliphatic carbocycles. The van der Waals surface area contributed by atoms with Crippen molar-refractivity contribution in [3.63, 3.8) is 0 Å². The molecule has 3 nitrogen and oxygen atoms in total. The summed E-state index contributed by atoms with van der Waals surface area (Å²) in [6.45, 7) is 2.80. The van der Waals surface area contributed by atoms with Gasteiger partial charge in [-0.05, 0) is 30.0 Å². The van der Waals surface area contributed by atoms with Gasteiger partial charge in [0.05, 0.1) is 4.88 Å². The monoisotopic (exact) mass is 239 g/mol. The van der Waals surface area contributed by atoms with E-state index >= 15 is 0 Å². The Morgan fingerprint density at radius 3 is 3.00 bits per heavy atom. The lowest BCUT2D eigenvalue weighted by molar-refractivity contribution is 0.913. The van der Waals surface area contributed by atoms with Crippen molar-refractivity contribution in [3.05, 3.63) is 22.0 Å². The molecule has 0 radical (unpaired) electrons. The number of nitrogens with two attached hydrogens (primary N) is 1. The Hall–Kier alpha value is -0.780. The number of thiophene rings is 1. The standard InChI is InChI=1S/C10H13N3S2/c1-2-7-4-6-14-9(7)10-13-12-8(15-10)3-5-11/h4,6H,2-3,5,11H2,1H3. The van der Waals surface area contributed by atoms with Gasteiger partial charge in [0.2, 0.25) is 0 Å². The van der Waals surface area contributed by atoms with Gasteiger partial charge in [-0.2, -0.15) is 0 Å². The molecule has 2 rings (SSSR count). The number of hydrogen-bond donors (Lipinski definition) is 1. The van der Waals surface area contributed by atoms with Crippen LogP contribution in [0.15, 0.2) is 11.4 Å². The van der Waals surface area contributed by atoms with Gasteiger partial charge >= 0.3 is 0 Å². The smallest absolute Gasteiger partial charge is 0.158 e. The fraction of sp³-hybridized carbons (Fsp3) is 0.400. The van der Waals surface area contributed by atoms with E-state index < -0.39 is 0 Å². The van der Waals surface area contributed by atoms with Gasteiger partial charge in [0.25, 0.3) is 0 Å². The predicted molar refractivity (Wildman–Crippen MR) is 65.4 cm³/mol. The zero-order valence-electron chi connectivity index (χ0n) is 8.56. The summed E-state index contributed by atoms with van der Waals surface area (Å²) >= 11 is 3.39. The molecule has 2 N–H and O–H groups in total. The van der Waals surface area contributed by atoms with Crippen LogP contribution in [-0.2, 0) is 12.8 Å². The lowest BCUT2D eigenvalue weighted by Crippen LogP contribution is -2.01. The second-order valence-corrected chi connectivity index (χ2v) is 5.15. The second-order valence-electron chi connectivity index (χ2n) is 3.17. The Kier molecular flexibility index (Phi) is 3.45. The van der Waals surface area contributed by atoms with Crippen LogP contribution in [0.4, 0.5) is 0 Å². The minimum Gasteiger partial charge on any atom is -0.330 e.